The van der Waals surface area contributed by atoms with Crippen molar-refractivity contribution in [3.05, 3.63) is 29.7 Å². The third-order valence-corrected chi connectivity index (χ3v) is 4.47. The van der Waals surface area contributed by atoms with Crippen molar-refractivity contribution in [3.63, 3.8) is 0 Å². The lowest BCUT2D eigenvalue weighted by atomic mass is 9.87. The lowest BCUT2D eigenvalue weighted by molar-refractivity contribution is 0.418. The maximum atomic E-state index is 4.73. The van der Waals surface area contributed by atoms with Gasteiger partial charge < -0.3 is 5.32 Å². The first kappa shape index (κ1) is 13.0. The van der Waals surface area contributed by atoms with Gasteiger partial charge in [-0.1, -0.05) is 0 Å². The first-order valence-electron chi connectivity index (χ1n) is 7.86. The topological polar surface area (TPSA) is 55.6 Å². The minimum absolute atomic E-state index is 0.738. The van der Waals surface area contributed by atoms with Crippen molar-refractivity contribution in [1.29, 1.82) is 0 Å². The lowest BCUT2D eigenvalue weighted by Crippen LogP contribution is -2.29. The molecule has 2 aromatic heterocycles. The van der Waals surface area contributed by atoms with Gasteiger partial charge in [0.25, 0.3) is 0 Å². The highest BCUT2D eigenvalue weighted by atomic mass is 15.3. The summed E-state index contributed by atoms with van der Waals surface area (Å²) >= 11 is 0. The van der Waals surface area contributed by atoms with Crippen LogP contribution in [0.15, 0.2) is 18.5 Å². The van der Waals surface area contributed by atoms with Gasteiger partial charge in [0.05, 0.1) is 0 Å². The number of aryl methyl sites for hydroxylation is 2. The third kappa shape index (κ3) is 2.83. The summed E-state index contributed by atoms with van der Waals surface area (Å²) in [5, 5.41) is 8.03. The van der Waals surface area contributed by atoms with Gasteiger partial charge in [0.15, 0.2) is 5.82 Å². The number of hydrogen-bond donors (Lipinski definition) is 1. The van der Waals surface area contributed by atoms with Crippen LogP contribution in [0.4, 0.5) is 0 Å². The molecule has 1 N–H and O–H groups in total. The van der Waals surface area contributed by atoms with Gasteiger partial charge in [-0.05, 0) is 56.2 Å². The molecule has 0 radical (unpaired) electrons. The third-order valence-electron chi connectivity index (χ3n) is 4.47. The summed E-state index contributed by atoms with van der Waals surface area (Å²) in [6.45, 7) is 1.14. The SMILES string of the molecule is Cn1ccc(-c2ncc3c(n2)CCC(CNC2CC2)C3)n1. The molecule has 0 aliphatic heterocycles. The molecule has 0 saturated heterocycles. The molecule has 0 bridgehead atoms. The van der Waals surface area contributed by atoms with Crippen LogP contribution in [0.3, 0.4) is 0 Å². The van der Waals surface area contributed by atoms with E-state index in [0.717, 1.165) is 42.9 Å². The average Bonchev–Trinajstić information content (AvgIpc) is 3.24. The summed E-state index contributed by atoms with van der Waals surface area (Å²) < 4.78 is 1.79. The second-order valence-electron chi connectivity index (χ2n) is 6.33. The zero-order chi connectivity index (χ0) is 14.2. The van der Waals surface area contributed by atoms with Gasteiger partial charge >= 0.3 is 0 Å². The first-order chi connectivity index (χ1) is 10.3. The minimum Gasteiger partial charge on any atom is -0.314 e. The Labute approximate surface area is 124 Å². The van der Waals surface area contributed by atoms with Gasteiger partial charge in [-0.3, -0.25) is 4.68 Å². The smallest absolute Gasteiger partial charge is 0.180 e. The van der Waals surface area contributed by atoms with E-state index in [4.69, 9.17) is 4.98 Å². The van der Waals surface area contributed by atoms with Crippen molar-refractivity contribution >= 4 is 0 Å². The molecular weight excluding hydrogens is 262 g/mol. The number of fused-ring (bicyclic) bond motifs is 1. The largest absolute Gasteiger partial charge is 0.314 e. The van der Waals surface area contributed by atoms with E-state index < -0.39 is 0 Å². The molecule has 1 unspecified atom stereocenters. The van der Waals surface area contributed by atoms with E-state index in [2.05, 4.69) is 15.4 Å². The van der Waals surface area contributed by atoms with Crippen molar-refractivity contribution in [2.75, 3.05) is 6.54 Å². The monoisotopic (exact) mass is 283 g/mol. The fourth-order valence-corrected chi connectivity index (χ4v) is 3.04. The van der Waals surface area contributed by atoms with Gasteiger partial charge in [-0.25, -0.2) is 9.97 Å². The summed E-state index contributed by atoms with van der Waals surface area (Å²) in [4.78, 5) is 9.24. The molecule has 1 fully saturated rings. The summed E-state index contributed by atoms with van der Waals surface area (Å²) in [5.41, 5.74) is 3.40. The predicted octanol–water partition coefficient (Wildman–Crippen LogP) is 1.73. The molecule has 5 heteroatoms. The Morgan fingerprint density at radius 3 is 3.00 bits per heavy atom. The molecule has 0 spiro atoms. The van der Waals surface area contributed by atoms with Gasteiger partial charge in [-0.2, -0.15) is 5.10 Å². The molecule has 4 rings (SSSR count). The summed E-state index contributed by atoms with van der Waals surface area (Å²) in [6, 6.07) is 2.77. The Morgan fingerprint density at radius 1 is 1.33 bits per heavy atom. The van der Waals surface area contributed by atoms with Crippen LogP contribution in [0.25, 0.3) is 11.5 Å². The first-order valence-corrected chi connectivity index (χ1v) is 7.86. The van der Waals surface area contributed by atoms with Crippen LogP contribution in [0, 0.1) is 5.92 Å². The Hall–Kier alpha value is -1.75. The minimum atomic E-state index is 0.738. The Balaban J connectivity index is 1.48. The Kier molecular flexibility index (Phi) is 3.22. The molecule has 2 aromatic rings. The normalized spacial score (nSPS) is 21.3. The molecular formula is C16H21N5. The number of rotatable bonds is 4. The van der Waals surface area contributed by atoms with Crippen LogP contribution in [-0.2, 0) is 19.9 Å². The van der Waals surface area contributed by atoms with E-state index in [0.29, 0.717) is 0 Å². The second kappa shape index (κ2) is 5.22. The average molecular weight is 283 g/mol. The van der Waals surface area contributed by atoms with Gasteiger partial charge in [0, 0.05) is 31.2 Å². The molecule has 5 nitrogen and oxygen atoms in total. The van der Waals surface area contributed by atoms with Crippen LogP contribution in [0.5, 0.6) is 0 Å². The van der Waals surface area contributed by atoms with Crippen LogP contribution >= 0.6 is 0 Å². The van der Waals surface area contributed by atoms with Crippen molar-refractivity contribution in [2.45, 2.75) is 38.1 Å². The fraction of sp³-hybridized carbons (Fsp3) is 0.562. The molecule has 2 aliphatic rings. The van der Waals surface area contributed by atoms with E-state index in [1.807, 2.05) is 25.5 Å². The number of nitrogens with one attached hydrogen (secondary N) is 1. The highest BCUT2D eigenvalue weighted by Gasteiger charge is 2.25. The van der Waals surface area contributed by atoms with E-state index in [9.17, 15) is 0 Å². The van der Waals surface area contributed by atoms with Crippen LogP contribution < -0.4 is 5.32 Å². The molecule has 21 heavy (non-hydrogen) atoms. The van der Waals surface area contributed by atoms with Gasteiger partial charge in [0.2, 0.25) is 0 Å². The Morgan fingerprint density at radius 2 is 2.24 bits per heavy atom. The predicted molar refractivity (Wildman–Crippen MR) is 80.8 cm³/mol. The summed E-state index contributed by atoms with van der Waals surface area (Å²) in [7, 11) is 1.92. The maximum absolute atomic E-state index is 4.73. The van der Waals surface area contributed by atoms with Gasteiger partial charge in [0.1, 0.15) is 5.69 Å². The van der Waals surface area contributed by atoms with Crippen molar-refractivity contribution in [1.82, 2.24) is 25.1 Å². The zero-order valence-electron chi connectivity index (χ0n) is 12.4. The quantitative estimate of drug-likeness (QED) is 0.928. The van der Waals surface area contributed by atoms with Crippen LogP contribution in [0.1, 0.15) is 30.5 Å². The highest BCUT2D eigenvalue weighted by Crippen LogP contribution is 2.26. The standard InChI is InChI=1S/C16H21N5/c1-21-7-6-15(20-21)16-18-10-12-8-11(2-5-14(12)19-16)9-17-13-3-4-13/h6-7,10-11,13,17H,2-5,8-9H2,1H3. The molecule has 2 aliphatic carbocycles. The fourth-order valence-electron chi connectivity index (χ4n) is 3.04. The van der Waals surface area contributed by atoms with Crippen LogP contribution in [0.2, 0.25) is 0 Å². The molecule has 0 aromatic carbocycles. The lowest BCUT2D eigenvalue weighted by Gasteiger charge is -2.24. The van der Waals surface area contributed by atoms with E-state index in [1.165, 1.54) is 30.5 Å². The summed E-state index contributed by atoms with van der Waals surface area (Å²) in [6.07, 6.45) is 10.1. The van der Waals surface area contributed by atoms with Crippen molar-refractivity contribution < 1.29 is 0 Å². The van der Waals surface area contributed by atoms with E-state index in [1.54, 1.807) is 4.68 Å². The highest BCUT2D eigenvalue weighted by molar-refractivity contribution is 5.48. The second-order valence-corrected chi connectivity index (χ2v) is 6.33. The zero-order valence-corrected chi connectivity index (χ0v) is 12.4. The number of aromatic nitrogens is 4. The number of nitrogens with zero attached hydrogens (tertiary/aromatic N) is 4. The molecule has 2 heterocycles. The van der Waals surface area contributed by atoms with Crippen molar-refractivity contribution in [2.24, 2.45) is 13.0 Å². The maximum Gasteiger partial charge on any atom is 0.180 e. The molecule has 0 amide bonds. The Bertz CT molecular complexity index is 644. The van der Waals surface area contributed by atoms with Gasteiger partial charge in [-0.15, -0.1) is 0 Å². The van der Waals surface area contributed by atoms with Crippen molar-refractivity contribution in [3.8, 4) is 11.5 Å². The number of hydrogen-bond acceptors (Lipinski definition) is 4. The molecule has 1 saturated carbocycles. The molecule has 110 valence electrons. The molecule has 1 atom stereocenters. The summed E-state index contributed by atoms with van der Waals surface area (Å²) in [5.74, 6) is 1.49. The van der Waals surface area contributed by atoms with E-state index in [-0.39, 0.29) is 0 Å². The van der Waals surface area contributed by atoms with E-state index >= 15 is 0 Å². The van der Waals surface area contributed by atoms with Crippen LogP contribution in [-0.4, -0.2) is 32.3 Å².